The Kier molecular flexibility index (Phi) is 10.5. The van der Waals surface area contributed by atoms with Crippen LogP contribution in [0.15, 0.2) is 29.2 Å². The van der Waals surface area contributed by atoms with Crippen LogP contribution in [0.2, 0.25) is 0 Å². The van der Waals surface area contributed by atoms with E-state index in [2.05, 4.69) is 17.8 Å². The maximum absolute atomic E-state index is 12.4. The minimum atomic E-state index is -3.96. The van der Waals surface area contributed by atoms with Crippen molar-refractivity contribution in [2.45, 2.75) is 36.8 Å². The molecule has 0 aliphatic rings. The summed E-state index contributed by atoms with van der Waals surface area (Å²) in [4.78, 5) is 0.0619. The Morgan fingerprint density at radius 3 is 2.44 bits per heavy atom. The van der Waals surface area contributed by atoms with E-state index in [1.54, 1.807) is 12.1 Å². The Bertz CT molecular complexity index is 679. The Hall–Kier alpha value is 0.365. The molecule has 0 saturated carbocycles. The predicted molar refractivity (Wildman–Crippen MR) is 103 cm³/mol. The van der Waals surface area contributed by atoms with Gasteiger partial charge in [0.2, 0.25) is 0 Å². The fourth-order valence-corrected chi connectivity index (χ4v) is 3.63. The van der Waals surface area contributed by atoms with Crippen LogP contribution in [0.25, 0.3) is 0 Å². The van der Waals surface area contributed by atoms with Gasteiger partial charge >= 0.3 is 156 Å². The second-order valence-corrected chi connectivity index (χ2v) is 8.30. The molecule has 0 aliphatic heterocycles. The van der Waals surface area contributed by atoms with Gasteiger partial charge in [0, 0.05) is 0 Å². The maximum atomic E-state index is 12.4. The first-order valence-electron chi connectivity index (χ1n) is 7.46. The molecule has 6 nitrogen and oxygen atoms in total. The normalized spacial score (nSPS) is 15.4. The molecule has 1 rings (SSSR count). The molecule has 0 bridgehead atoms. The summed E-state index contributed by atoms with van der Waals surface area (Å²) in [5.74, 6) is 0. The molecule has 3 unspecified atom stereocenters. The summed E-state index contributed by atoms with van der Waals surface area (Å²) >= 11 is 0. The second-order valence-electron chi connectivity index (χ2n) is 5.44. The molecule has 11 heteroatoms. The third-order valence-corrected chi connectivity index (χ3v) is 5.36. The van der Waals surface area contributed by atoms with Gasteiger partial charge < -0.3 is 0 Å². The Labute approximate surface area is 156 Å². The average molecular weight is 421 g/mol. The minimum absolute atomic E-state index is 0.00355. The second kappa shape index (κ2) is 11.3. The van der Waals surface area contributed by atoms with Crippen LogP contribution in [-0.2, 0) is 28.1 Å². The molecular formula is C14H21BO6P3S+. The van der Waals surface area contributed by atoms with E-state index in [9.17, 15) is 8.42 Å². The SMILES string of the molecule is [B]C(CC)OC(COP)(CO[P+]#P)COS(=O)(=O)c1ccc(C)cc1. The summed E-state index contributed by atoms with van der Waals surface area (Å²) in [5.41, 5.74) is -0.242. The summed E-state index contributed by atoms with van der Waals surface area (Å²) in [6, 6.07) is 5.74. The standard InChI is InChI=1S/C14H21BO6P3S/c1-3-13(15)21-14(8-18-22,9-19-24-23)10-20-25(16,17)12-6-4-11(2)5-7-12/h4-7,13H,3,8-10,22H2,1-2H3/q+1. The molecule has 2 radical (unpaired) electrons. The number of ether oxygens (including phenoxy) is 1. The van der Waals surface area contributed by atoms with Crippen molar-refractivity contribution in [2.75, 3.05) is 19.8 Å². The zero-order valence-electron chi connectivity index (χ0n) is 14.1. The van der Waals surface area contributed by atoms with Crippen LogP contribution in [0, 0.1) is 6.92 Å². The molecule has 0 saturated heterocycles. The van der Waals surface area contributed by atoms with Gasteiger partial charge in [0.25, 0.3) is 0 Å². The summed E-state index contributed by atoms with van der Waals surface area (Å²) in [5, 5.41) is 0. The number of aryl methyl sites for hydroxylation is 1. The zero-order chi connectivity index (χ0) is 18.9. The fraction of sp³-hybridized carbons (Fsp3) is 0.571. The van der Waals surface area contributed by atoms with Gasteiger partial charge in [-0.05, 0) is 0 Å². The topological polar surface area (TPSA) is 71.1 Å². The van der Waals surface area contributed by atoms with Gasteiger partial charge in [0.15, 0.2) is 0 Å². The number of benzene rings is 1. The summed E-state index contributed by atoms with van der Waals surface area (Å²) in [6.07, 6.45) is 0.530. The molecule has 25 heavy (non-hydrogen) atoms. The van der Waals surface area contributed by atoms with Crippen molar-refractivity contribution < 1.29 is 26.4 Å². The van der Waals surface area contributed by atoms with E-state index in [1.165, 1.54) is 12.1 Å². The quantitative estimate of drug-likeness (QED) is 0.310. The van der Waals surface area contributed by atoms with Crippen LogP contribution in [0.3, 0.4) is 0 Å². The molecule has 0 aromatic heterocycles. The van der Waals surface area contributed by atoms with E-state index in [4.69, 9.17) is 25.8 Å². The van der Waals surface area contributed by atoms with Crippen molar-refractivity contribution in [3.05, 3.63) is 29.8 Å². The van der Waals surface area contributed by atoms with Gasteiger partial charge in [-0.25, -0.2) is 0 Å². The van der Waals surface area contributed by atoms with Crippen molar-refractivity contribution in [3.63, 3.8) is 0 Å². The molecule has 0 spiro atoms. The van der Waals surface area contributed by atoms with Crippen LogP contribution in [0.1, 0.15) is 18.9 Å². The molecule has 1 aromatic carbocycles. The van der Waals surface area contributed by atoms with E-state index in [0.717, 1.165) is 5.56 Å². The van der Waals surface area contributed by atoms with Crippen LogP contribution in [-0.4, -0.2) is 47.7 Å². The molecule has 136 valence electrons. The van der Waals surface area contributed by atoms with E-state index in [0.29, 0.717) is 14.3 Å². The van der Waals surface area contributed by atoms with Crippen LogP contribution < -0.4 is 0 Å². The molecule has 0 fully saturated rings. The molecule has 1 aromatic rings. The zero-order valence-corrected chi connectivity index (χ0v) is 17.9. The van der Waals surface area contributed by atoms with Gasteiger partial charge in [-0.2, -0.15) is 0 Å². The summed E-state index contributed by atoms with van der Waals surface area (Å²) in [6.45, 7) is 3.42. The first kappa shape index (κ1) is 23.4. The Morgan fingerprint density at radius 1 is 1.28 bits per heavy atom. The molecule has 3 atom stereocenters. The molecule has 0 N–H and O–H groups in total. The molecule has 0 amide bonds. The third kappa shape index (κ3) is 7.86. The van der Waals surface area contributed by atoms with Crippen molar-refractivity contribution in [1.29, 1.82) is 0 Å². The van der Waals surface area contributed by atoms with Gasteiger partial charge in [-0.15, -0.1) is 0 Å². The first-order chi connectivity index (χ1) is 11.8. The summed E-state index contributed by atoms with van der Waals surface area (Å²) in [7, 11) is 8.32. The van der Waals surface area contributed by atoms with E-state index < -0.39 is 21.7 Å². The van der Waals surface area contributed by atoms with E-state index >= 15 is 0 Å². The first-order valence-corrected chi connectivity index (χ1v) is 11.3. The average Bonchev–Trinajstić information content (AvgIpc) is 2.59. The van der Waals surface area contributed by atoms with Gasteiger partial charge in [0.1, 0.15) is 0 Å². The monoisotopic (exact) mass is 421 g/mol. The van der Waals surface area contributed by atoms with Crippen molar-refractivity contribution in [3.8, 4) is 0 Å². The number of rotatable bonds is 11. The van der Waals surface area contributed by atoms with Gasteiger partial charge in [-0.3, -0.25) is 0 Å². The van der Waals surface area contributed by atoms with Gasteiger partial charge in [0.05, 0.1) is 0 Å². The molecule has 0 heterocycles. The van der Waals surface area contributed by atoms with Crippen molar-refractivity contribution in [2.24, 2.45) is 0 Å². The number of hydrogen-bond donors (Lipinski definition) is 0. The fourth-order valence-electron chi connectivity index (χ4n) is 1.89. The Morgan fingerprint density at radius 2 is 1.92 bits per heavy atom. The van der Waals surface area contributed by atoms with Crippen molar-refractivity contribution >= 4 is 43.7 Å². The van der Waals surface area contributed by atoms with E-state index in [1.807, 2.05) is 13.8 Å². The van der Waals surface area contributed by atoms with Crippen LogP contribution >= 0.6 is 25.7 Å². The summed E-state index contributed by atoms with van der Waals surface area (Å²) < 4.78 is 46.2. The molecular weight excluding hydrogens is 400 g/mol. The van der Waals surface area contributed by atoms with Crippen LogP contribution in [0.5, 0.6) is 0 Å². The third-order valence-electron chi connectivity index (χ3n) is 3.32. The van der Waals surface area contributed by atoms with Crippen molar-refractivity contribution in [1.82, 2.24) is 0 Å². The predicted octanol–water partition coefficient (Wildman–Crippen LogP) is 3.37. The Balaban J connectivity index is 2.98. The molecule has 0 aliphatic carbocycles. The van der Waals surface area contributed by atoms with Crippen LogP contribution in [0.4, 0.5) is 0 Å². The number of hydrogen-bond acceptors (Lipinski definition) is 6. The van der Waals surface area contributed by atoms with Gasteiger partial charge in [-0.1, -0.05) is 0 Å². The van der Waals surface area contributed by atoms with E-state index in [-0.39, 0.29) is 24.7 Å².